The Morgan fingerprint density at radius 1 is 1.20 bits per heavy atom. The number of benzene rings is 2. The van der Waals surface area contributed by atoms with Gasteiger partial charge in [-0.25, -0.2) is 4.99 Å². The summed E-state index contributed by atoms with van der Waals surface area (Å²) in [6.45, 7) is 18.4. The van der Waals surface area contributed by atoms with E-state index in [0.717, 1.165) is 23.2 Å². The van der Waals surface area contributed by atoms with Crippen molar-refractivity contribution >= 4 is 23.6 Å². The predicted octanol–water partition coefficient (Wildman–Crippen LogP) is 8.47. The van der Waals surface area contributed by atoms with Gasteiger partial charge in [-0.15, -0.1) is 0 Å². The third-order valence-electron chi connectivity index (χ3n) is 6.35. The zero-order valence-corrected chi connectivity index (χ0v) is 25.2. The van der Waals surface area contributed by atoms with Crippen LogP contribution in [0.25, 0.3) is 5.70 Å². The van der Waals surface area contributed by atoms with Crippen molar-refractivity contribution in [3.63, 3.8) is 0 Å². The second kappa shape index (κ2) is 15.0. The van der Waals surface area contributed by atoms with Gasteiger partial charge in [-0.3, -0.25) is 9.79 Å². The molecule has 1 heterocycles. The lowest BCUT2D eigenvalue weighted by molar-refractivity contribution is 0.0967. The molecule has 3 rings (SSSR count). The number of rotatable bonds is 11. The summed E-state index contributed by atoms with van der Waals surface area (Å²) < 4.78 is 10.7. The molecule has 40 heavy (non-hydrogen) atoms. The first kappa shape index (κ1) is 32.2. The number of allylic oxidation sites excluding steroid dienone is 2. The van der Waals surface area contributed by atoms with Crippen LogP contribution in [0.2, 0.25) is 0 Å². The van der Waals surface area contributed by atoms with E-state index in [2.05, 4.69) is 68.8 Å². The number of carbonyl (C=O) groups excluding carboxylic acids is 1. The van der Waals surface area contributed by atoms with Crippen LogP contribution in [-0.4, -0.2) is 31.1 Å². The number of ether oxygens (including phenoxy) is 2. The van der Waals surface area contributed by atoms with E-state index in [0.29, 0.717) is 29.0 Å². The molecule has 0 N–H and O–H groups in total. The van der Waals surface area contributed by atoms with Crippen molar-refractivity contribution in [2.75, 3.05) is 7.11 Å². The topological polar surface area (TPSA) is 84.0 Å². The fourth-order valence-corrected chi connectivity index (χ4v) is 4.21. The Labute approximate surface area is 241 Å². The number of aliphatic imine (C=N–C) groups is 2. The molecule has 0 bridgehead atoms. The highest BCUT2D eigenvalue weighted by Crippen LogP contribution is 2.31. The van der Waals surface area contributed by atoms with Crippen LogP contribution in [0, 0.1) is 22.7 Å². The van der Waals surface area contributed by atoms with Gasteiger partial charge in [0.05, 0.1) is 24.5 Å². The van der Waals surface area contributed by atoms with Gasteiger partial charge in [-0.05, 0) is 49.6 Å². The molecule has 0 saturated heterocycles. The van der Waals surface area contributed by atoms with E-state index in [1.165, 1.54) is 19.2 Å². The standard InChI is InChI=1S/C32H37N3O3.C2H6.H2/c1-21(2)38-30-14-12-25(17-27(30)19-33)29(36)18-26(22(3)34-20-37-7)16-23-8-10-24(11-9-23)28-13-15-31(35-28)32(4,5)6;1-2;/h8-14,17,20-21,26H,3,15-16,18H2,1-2,4-7H3;1-2H3;1H/t26-;;/m1../s1. The van der Waals surface area contributed by atoms with Gasteiger partial charge in [0.1, 0.15) is 11.8 Å². The van der Waals surface area contributed by atoms with Crippen LogP contribution in [0.4, 0.5) is 0 Å². The number of carbonyl (C=O) groups is 1. The number of hydrogen-bond acceptors (Lipinski definition) is 6. The zero-order chi connectivity index (χ0) is 29.9. The van der Waals surface area contributed by atoms with E-state index in [9.17, 15) is 10.1 Å². The number of Topliss-reactive ketones (excluding diaryl/α,β-unsaturated/α-hetero) is 1. The Hall–Kier alpha value is -3.98. The van der Waals surface area contributed by atoms with E-state index in [4.69, 9.17) is 14.5 Å². The molecule has 0 radical (unpaired) electrons. The van der Waals surface area contributed by atoms with E-state index in [-0.39, 0.29) is 31.1 Å². The third kappa shape index (κ3) is 9.05. The molecule has 2 aromatic carbocycles. The summed E-state index contributed by atoms with van der Waals surface area (Å²) in [4.78, 5) is 22.4. The van der Waals surface area contributed by atoms with Crippen molar-refractivity contribution in [1.82, 2.24) is 0 Å². The van der Waals surface area contributed by atoms with Crippen LogP contribution in [0.5, 0.6) is 5.75 Å². The van der Waals surface area contributed by atoms with Gasteiger partial charge in [-0.1, -0.05) is 71.5 Å². The minimum Gasteiger partial charge on any atom is -0.490 e. The van der Waals surface area contributed by atoms with E-state index in [1.54, 1.807) is 18.2 Å². The van der Waals surface area contributed by atoms with Crippen molar-refractivity contribution in [2.45, 2.75) is 73.8 Å². The summed E-state index contributed by atoms with van der Waals surface area (Å²) in [5.74, 6) is 0.141. The molecule has 6 nitrogen and oxygen atoms in total. The number of hydrogen-bond donors (Lipinski definition) is 0. The van der Waals surface area contributed by atoms with Gasteiger partial charge in [0.2, 0.25) is 0 Å². The first-order chi connectivity index (χ1) is 19.0. The Balaban J connectivity index is 0.00000274. The van der Waals surface area contributed by atoms with Crippen LogP contribution in [0.1, 0.15) is 89.8 Å². The van der Waals surface area contributed by atoms with Crippen molar-refractivity contribution in [3.05, 3.63) is 83.1 Å². The molecular weight excluding hydrogens is 498 g/mol. The molecular formula is C34H45N3O3. The number of nitrogens with zero attached hydrogens (tertiary/aromatic N) is 3. The fraction of sp³-hybridized carbons (Fsp3) is 0.412. The summed E-state index contributed by atoms with van der Waals surface area (Å²) in [6, 6.07) is 15.4. The van der Waals surface area contributed by atoms with Crippen LogP contribution in [-0.2, 0) is 11.2 Å². The second-order valence-corrected chi connectivity index (χ2v) is 10.8. The Morgan fingerprint density at radius 3 is 2.42 bits per heavy atom. The molecule has 214 valence electrons. The lowest BCUT2D eigenvalue weighted by atomic mass is 9.89. The molecule has 6 heteroatoms. The molecule has 0 amide bonds. The van der Waals surface area contributed by atoms with Gasteiger partial charge in [0, 0.05) is 42.6 Å². The molecule has 0 aromatic heterocycles. The van der Waals surface area contributed by atoms with Crippen molar-refractivity contribution in [2.24, 2.45) is 21.3 Å². The molecule has 0 fully saturated rings. The van der Waals surface area contributed by atoms with Crippen molar-refractivity contribution < 1.29 is 15.7 Å². The highest BCUT2D eigenvalue weighted by atomic mass is 16.5. The maximum Gasteiger partial charge on any atom is 0.173 e. The first-order valence-electron chi connectivity index (χ1n) is 13.9. The average Bonchev–Trinajstić information content (AvgIpc) is 3.44. The minimum absolute atomic E-state index is 0. The molecule has 0 unspecified atom stereocenters. The second-order valence-electron chi connectivity index (χ2n) is 10.8. The van der Waals surface area contributed by atoms with Crippen molar-refractivity contribution in [3.8, 4) is 11.8 Å². The predicted molar refractivity (Wildman–Crippen MR) is 167 cm³/mol. The van der Waals surface area contributed by atoms with Gasteiger partial charge in [0.15, 0.2) is 12.2 Å². The summed E-state index contributed by atoms with van der Waals surface area (Å²) in [5, 5.41) is 9.55. The quantitative estimate of drug-likeness (QED) is 0.162. The lowest BCUT2D eigenvalue weighted by Gasteiger charge is -2.18. The smallest absolute Gasteiger partial charge is 0.173 e. The molecule has 0 saturated carbocycles. The number of methoxy groups -OCH3 is 1. The molecule has 0 spiro atoms. The van der Waals surface area contributed by atoms with Crippen LogP contribution >= 0.6 is 0 Å². The maximum atomic E-state index is 13.3. The third-order valence-corrected chi connectivity index (χ3v) is 6.35. The normalized spacial score (nSPS) is 13.6. The minimum atomic E-state index is -0.243. The number of ketones is 1. The fourth-order valence-electron chi connectivity index (χ4n) is 4.21. The lowest BCUT2D eigenvalue weighted by Crippen LogP contribution is -2.17. The van der Waals surface area contributed by atoms with Gasteiger partial charge >= 0.3 is 0 Å². The summed E-state index contributed by atoms with van der Waals surface area (Å²) in [5.41, 5.74) is 5.74. The van der Waals surface area contributed by atoms with Gasteiger partial charge < -0.3 is 9.47 Å². The molecule has 2 aromatic rings. The number of nitriles is 1. The van der Waals surface area contributed by atoms with E-state index in [1.807, 2.05) is 27.7 Å². The maximum absolute atomic E-state index is 13.3. The van der Waals surface area contributed by atoms with Crippen LogP contribution in [0.3, 0.4) is 0 Å². The monoisotopic (exact) mass is 543 g/mol. The summed E-state index contributed by atoms with van der Waals surface area (Å²) in [6.07, 6.45) is 5.08. The van der Waals surface area contributed by atoms with Crippen LogP contribution in [0.15, 0.2) is 70.8 Å². The molecule has 1 atom stereocenters. The SMILES string of the molecule is C=C(N=COC)[C@@H](CC(=O)c1ccc(OC(C)C)c(C#N)c1)Cc1ccc(C2=CCC(C(C)(C)C)=N2)cc1.CC.[HH]. The average molecular weight is 544 g/mol. The van der Waals surface area contributed by atoms with E-state index >= 15 is 0 Å². The molecule has 0 aliphatic carbocycles. The van der Waals surface area contributed by atoms with Crippen LogP contribution < -0.4 is 4.74 Å². The first-order valence-corrected chi connectivity index (χ1v) is 13.9. The molecule has 1 aliphatic rings. The summed E-state index contributed by atoms with van der Waals surface area (Å²) in [7, 11) is 1.52. The Kier molecular flexibility index (Phi) is 12.1. The van der Waals surface area contributed by atoms with Gasteiger partial charge in [-0.2, -0.15) is 5.26 Å². The summed E-state index contributed by atoms with van der Waals surface area (Å²) >= 11 is 0. The largest absolute Gasteiger partial charge is 0.490 e. The van der Waals surface area contributed by atoms with E-state index < -0.39 is 0 Å². The zero-order valence-electron chi connectivity index (χ0n) is 25.2. The van der Waals surface area contributed by atoms with Gasteiger partial charge in [0.25, 0.3) is 0 Å². The highest BCUT2D eigenvalue weighted by molar-refractivity contribution is 5.99. The Morgan fingerprint density at radius 2 is 1.88 bits per heavy atom. The molecule has 1 aliphatic heterocycles. The van der Waals surface area contributed by atoms with Crippen molar-refractivity contribution in [1.29, 1.82) is 5.26 Å². The Bertz CT molecular complexity index is 1310. The highest BCUT2D eigenvalue weighted by Gasteiger charge is 2.23.